The van der Waals surface area contributed by atoms with E-state index in [-0.39, 0.29) is 29.2 Å². The lowest BCUT2D eigenvalue weighted by atomic mass is 10.2. The van der Waals surface area contributed by atoms with Crippen LogP contribution in [0.4, 0.5) is 5.69 Å². The second-order valence-corrected chi connectivity index (χ2v) is 7.17. The van der Waals surface area contributed by atoms with Crippen LogP contribution in [0.5, 0.6) is 0 Å². The van der Waals surface area contributed by atoms with Gasteiger partial charge in [-0.2, -0.15) is 0 Å². The molecule has 0 spiro atoms. The zero-order valence-corrected chi connectivity index (χ0v) is 16.4. The number of carbonyl (C=O) groups excluding carboxylic acids is 1. The lowest BCUT2D eigenvalue weighted by molar-refractivity contribution is -0.113. The Labute approximate surface area is 164 Å². The molecule has 1 amide bonds. The van der Waals surface area contributed by atoms with Crippen molar-refractivity contribution in [3.05, 3.63) is 67.8 Å². The highest BCUT2D eigenvalue weighted by atomic mass is 32.2. The van der Waals surface area contributed by atoms with Crippen LogP contribution in [0.1, 0.15) is 22.7 Å². The van der Waals surface area contributed by atoms with Crippen LogP contribution < -0.4 is 16.6 Å². The normalized spacial score (nSPS) is 10.8. The highest BCUT2D eigenvalue weighted by Gasteiger charge is 2.15. The van der Waals surface area contributed by atoms with Gasteiger partial charge in [0.1, 0.15) is 0 Å². The number of amides is 1. The molecule has 0 bridgehead atoms. The van der Waals surface area contributed by atoms with Gasteiger partial charge in [-0.25, -0.2) is 4.79 Å². The molecule has 146 valence electrons. The van der Waals surface area contributed by atoms with Gasteiger partial charge in [-0.1, -0.05) is 29.5 Å². The number of nitrogens with zero attached hydrogens (tertiary/aromatic N) is 3. The second-order valence-electron chi connectivity index (χ2n) is 6.24. The number of hydrogen-bond acceptors (Lipinski definition) is 7. The molecular weight excluding hydrogens is 382 g/mol. The molecule has 0 unspecified atom stereocenters. The molecule has 2 N–H and O–H groups in total. The zero-order chi connectivity index (χ0) is 20.3. The molecule has 0 aliphatic carbocycles. The average Bonchev–Trinajstić information content (AvgIpc) is 3.11. The van der Waals surface area contributed by atoms with E-state index in [1.54, 1.807) is 6.92 Å². The lowest BCUT2D eigenvalue weighted by Crippen LogP contribution is -2.36. The fourth-order valence-electron chi connectivity index (χ4n) is 2.46. The number of nitrogens with one attached hydrogen (secondary N) is 2. The van der Waals surface area contributed by atoms with E-state index in [4.69, 9.17) is 4.42 Å². The molecular formula is C18H19N5O4S. The first-order valence-electron chi connectivity index (χ1n) is 8.44. The molecule has 0 atom stereocenters. The molecule has 0 fully saturated rings. The molecule has 2 aromatic heterocycles. The van der Waals surface area contributed by atoms with E-state index in [0.29, 0.717) is 16.9 Å². The predicted octanol–water partition coefficient (Wildman–Crippen LogP) is 1.40. The van der Waals surface area contributed by atoms with E-state index in [1.165, 1.54) is 7.05 Å². The van der Waals surface area contributed by atoms with Crippen molar-refractivity contribution in [1.82, 2.24) is 19.7 Å². The number of aryl methyl sites for hydroxylation is 2. The quantitative estimate of drug-likeness (QED) is 0.598. The van der Waals surface area contributed by atoms with Crippen LogP contribution in [-0.4, -0.2) is 31.4 Å². The zero-order valence-electron chi connectivity index (χ0n) is 15.6. The van der Waals surface area contributed by atoms with Crippen LogP contribution in [0.3, 0.4) is 0 Å². The molecule has 3 rings (SSSR count). The van der Waals surface area contributed by atoms with Gasteiger partial charge in [0, 0.05) is 24.0 Å². The fourth-order valence-corrected chi connectivity index (χ4v) is 3.04. The Morgan fingerprint density at radius 2 is 1.93 bits per heavy atom. The average molecular weight is 401 g/mol. The van der Waals surface area contributed by atoms with E-state index >= 15 is 0 Å². The van der Waals surface area contributed by atoms with Crippen LogP contribution in [0.2, 0.25) is 0 Å². The van der Waals surface area contributed by atoms with Crippen molar-refractivity contribution in [2.75, 3.05) is 11.1 Å². The van der Waals surface area contributed by atoms with Crippen LogP contribution in [0.25, 0.3) is 0 Å². The second kappa shape index (κ2) is 8.26. The summed E-state index contributed by atoms with van der Waals surface area (Å²) in [5, 5.41) is 10.8. The Morgan fingerprint density at radius 1 is 1.21 bits per heavy atom. The third-order valence-electron chi connectivity index (χ3n) is 4.05. The highest BCUT2D eigenvalue weighted by Crippen LogP contribution is 2.18. The van der Waals surface area contributed by atoms with E-state index in [9.17, 15) is 14.4 Å². The van der Waals surface area contributed by atoms with Gasteiger partial charge in [0.05, 0.1) is 12.2 Å². The van der Waals surface area contributed by atoms with E-state index in [0.717, 1.165) is 21.9 Å². The van der Waals surface area contributed by atoms with Gasteiger partial charge in [0.2, 0.25) is 11.8 Å². The standard InChI is InChI=1S/C18H19N5O4S/c1-10-4-6-12(7-5-10)20-14(24)9-28-18-22-21-15(27-18)8-13-11(2)19-17(26)23(3)16(13)25/h4-7H,8-9H2,1-3H3,(H,19,26)(H,20,24). The lowest BCUT2D eigenvalue weighted by Gasteiger charge is -2.04. The maximum atomic E-state index is 12.2. The van der Waals surface area contributed by atoms with E-state index in [1.807, 2.05) is 31.2 Å². The third-order valence-corrected chi connectivity index (χ3v) is 4.87. The van der Waals surface area contributed by atoms with Gasteiger partial charge in [-0.05, 0) is 26.0 Å². The van der Waals surface area contributed by atoms with Crippen molar-refractivity contribution in [3.8, 4) is 0 Å². The van der Waals surface area contributed by atoms with E-state index in [2.05, 4.69) is 20.5 Å². The molecule has 3 aromatic rings. The predicted molar refractivity (Wildman–Crippen MR) is 105 cm³/mol. The Balaban J connectivity index is 1.61. The largest absolute Gasteiger partial charge is 0.416 e. The summed E-state index contributed by atoms with van der Waals surface area (Å²) in [6, 6.07) is 7.48. The molecule has 1 aromatic carbocycles. The molecule has 2 heterocycles. The summed E-state index contributed by atoms with van der Waals surface area (Å²) in [4.78, 5) is 38.4. The van der Waals surface area contributed by atoms with Gasteiger partial charge in [0.15, 0.2) is 0 Å². The molecule has 0 radical (unpaired) electrons. The number of hydrogen-bond donors (Lipinski definition) is 2. The Bertz CT molecular complexity index is 1110. The molecule has 9 nitrogen and oxygen atoms in total. The number of anilines is 1. The summed E-state index contributed by atoms with van der Waals surface area (Å²) in [5.41, 5.74) is 1.77. The summed E-state index contributed by atoms with van der Waals surface area (Å²) in [5.74, 6) is 0.141. The van der Waals surface area contributed by atoms with Gasteiger partial charge < -0.3 is 14.7 Å². The Kier molecular flexibility index (Phi) is 5.78. The van der Waals surface area contributed by atoms with Crippen molar-refractivity contribution in [2.24, 2.45) is 7.05 Å². The van der Waals surface area contributed by atoms with Gasteiger partial charge in [-0.15, -0.1) is 10.2 Å². The Hall–Kier alpha value is -3.14. The number of carbonyl (C=O) groups is 1. The summed E-state index contributed by atoms with van der Waals surface area (Å²) >= 11 is 1.10. The number of aromatic nitrogens is 4. The maximum Gasteiger partial charge on any atom is 0.328 e. The number of benzene rings is 1. The van der Waals surface area contributed by atoms with Crippen molar-refractivity contribution in [2.45, 2.75) is 25.5 Å². The highest BCUT2D eigenvalue weighted by molar-refractivity contribution is 7.99. The van der Waals surface area contributed by atoms with Gasteiger partial charge >= 0.3 is 5.69 Å². The summed E-state index contributed by atoms with van der Waals surface area (Å²) in [6.45, 7) is 3.61. The molecule has 0 saturated heterocycles. The number of H-pyrrole nitrogens is 1. The number of rotatable bonds is 6. The minimum atomic E-state index is -0.479. The minimum absolute atomic E-state index is 0.0956. The van der Waals surface area contributed by atoms with Gasteiger partial charge in [-0.3, -0.25) is 14.2 Å². The third kappa shape index (κ3) is 4.58. The minimum Gasteiger partial charge on any atom is -0.416 e. The van der Waals surface area contributed by atoms with Crippen molar-refractivity contribution < 1.29 is 9.21 Å². The fraction of sp³-hybridized carbons (Fsp3) is 0.278. The first-order chi connectivity index (χ1) is 13.3. The summed E-state index contributed by atoms with van der Waals surface area (Å²) in [6.07, 6.45) is 0.0956. The van der Waals surface area contributed by atoms with Gasteiger partial charge in [0.25, 0.3) is 10.8 Å². The topological polar surface area (TPSA) is 123 Å². The van der Waals surface area contributed by atoms with Crippen molar-refractivity contribution in [1.29, 1.82) is 0 Å². The van der Waals surface area contributed by atoms with Crippen LogP contribution in [-0.2, 0) is 18.3 Å². The molecule has 0 aliphatic rings. The van der Waals surface area contributed by atoms with Crippen LogP contribution in [0, 0.1) is 13.8 Å². The molecule has 0 aliphatic heterocycles. The smallest absolute Gasteiger partial charge is 0.328 e. The first kappa shape index (κ1) is 19.6. The number of aromatic amines is 1. The number of thioether (sulfide) groups is 1. The molecule has 28 heavy (non-hydrogen) atoms. The molecule has 0 saturated carbocycles. The summed E-state index contributed by atoms with van der Waals surface area (Å²) < 4.78 is 6.49. The monoisotopic (exact) mass is 401 g/mol. The van der Waals surface area contributed by atoms with Crippen LogP contribution in [0.15, 0.2) is 43.5 Å². The first-order valence-corrected chi connectivity index (χ1v) is 9.42. The van der Waals surface area contributed by atoms with E-state index < -0.39 is 11.2 Å². The Morgan fingerprint density at radius 3 is 2.64 bits per heavy atom. The maximum absolute atomic E-state index is 12.2. The van der Waals surface area contributed by atoms with Crippen molar-refractivity contribution in [3.63, 3.8) is 0 Å². The summed E-state index contributed by atoms with van der Waals surface area (Å²) in [7, 11) is 1.39. The molecule has 10 heteroatoms. The van der Waals surface area contributed by atoms with Crippen LogP contribution >= 0.6 is 11.8 Å². The van der Waals surface area contributed by atoms with Crippen molar-refractivity contribution >= 4 is 23.4 Å². The SMILES string of the molecule is Cc1ccc(NC(=O)CSc2nnc(Cc3c(C)[nH]c(=O)n(C)c3=O)o2)cc1.